The molecule has 0 aliphatic rings. The highest BCUT2D eigenvalue weighted by Crippen LogP contribution is 2.17. The Bertz CT molecular complexity index is 478. The third-order valence-electron chi connectivity index (χ3n) is 3.31. The van der Waals surface area contributed by atoms with Gasteiger partial charge in [0.25, 0.3) is 0 Å². The van der Waals surface area contributed by atoms with Crippen LogP contribution in [-0.2, 0) is 13.5 Å². The molecule has 0 aliphatic carbocycles. The smallest absolute Gasteiger partial charge is 0.0753 e. The summed E-state index contributed by atoms with van der Waals surface area (Å²) >= 11 is 0. The summed E-state index contributed by atoms with van der Waals surface area (Å²) in [6.07, 6.45) is 5.12. The van der Waals surface area contributed by atoms with Crippen molar-refractivity contribution < 1.29 is 0 Å². The highest BCUT2D eigenvalue weighted by Gasteiger charge is 2.14. The van der Waals surface area contributed by atoms with Gasteiger partial charge in [-0.25, -0.2) is 0 Å². The number of aromatic nitrogens is 3. The molecule has 0 fully saturated rings. The quantitative estimate of drug-likeness (QED) is 0.829. The SMILES string of the molecule is CCCNC(CCc1ccccc1)c1cnnn1C. The Kier molecular flexibility index (Phi) is 5.10. The molecular weight excluding hydrogens is 236 g/mol. The number of nitrogens with zero attached hydrogens (tertiary/aromatic N) is 3. The molecule has 4 nitrogen and oxygen atoms in total. The Labute approximate surface area is 114 Å². The molecule has 1 atom stereocenters. The van der Waals surface area contributed by atoms with Gasteiger partial charge >= 0.3 is 0 Å². The van der Waals surface area contributed by atoms with E-state index in [1.54, 1.807) is 0 Å². The van der Waals surface area contributed by atoms with Crippen LogP contribution in [0.5, 0.6) is 0 Å². The van der Waals surface area contributed by atoms with Crippen molar-refractivity contribution in [3.8, 4) is 0 Å². The maximum Gasteiger partial charge on any atom is 0.0753 e. The molecule has 1 heterocycles. The van der Waals surface area contributed by atoms with Gasteiger partial charge in [0.2, 0.25) is 0 Å². The Morgan fingerprint density at radius 1 is 1.26 bits per heavy atom. The van der Waals surface area contributed by atoms with Gasteiger partial charge in [-0.1, -0.05) is 42.5 Å². The first-order valence-corrected chi connectivity index (χ1v) is 6.93. The zero-order valence-corrected chi connectivity index (χ0v) is 11.7. The number of rotatable bonds is 7. The minimum atomic E-state index is 0.320. The van der Waals surface area contributed by atoms with E-state index in [-0.39, 0.29) is 0 Å². The molecule has 0 amide bonds. The first kappa shape index (κ1) is 13.7. The van der Waals surface area contributed by atoms with E-state index >= 15 is 0 Å². The number of hydrogen-bond acceptors (Lipinski definition) is 3. The molecule has 0 bridgehead atoms. The topological polar surface area (TPSA) is 42.7 Å². The second-order valence-electron chi connectivity index (χ2n) is 4.81. The predicted molar refractivity (Wildman–Crippen MR) is 76.8 cm³/mol. The van der Waals surface area contributed by atoms with E-state index in [1.807, 2.05) is 17.9 Å². The number of benzene rings is 1. The normalized spacial score (nSPS) is 12.5. The lowest BCUT2D eigenvalue weighted by Gasteiger charge is -2.18. The fraction of sp³-hybridized carbons (Fsp3) is 0.467. The van der Waals surface area contributed by atoms with Crippen molar-refractivity contribution in [2.24, 2.45) is 7.05 Å². The Hall–Kier alpha value is -1.68. The monoisotopic (exact) mass is 258 g/mol. The highest BCUT2D eigenvalue weighted by atomic mass is 15.4. The minimum absolute atomic E-state index is 0.320. The van der Waals surface area contributed by atoms with Crippen molar-refractivity contribution in [2.75, 3.05) is 6.54 Å². The zero-order valence-electron chi connectivity index (χ0n) is 11.7. The van der Waals surface area contributed by atoms with Gasteiger partial charge in [0.05, 0.1) is 17.9 Å². The number of hydrogen-bond donors (Lipinski definition) is 1. The Balaban J connectivity index is 2.00. The van der Waals surface area contributed by atoms with Crippen LogP contribution in [0.2, 0.25) is 0 Å². The average molecular weight is 258 g/mol. The summed E-state index contributed by atoms with van der Waals surface area (Å²) in [5.41, 5.74) is 2.53. The van der Waals surface area contributed by atoms with E-state index in [9.17, 15) is 0 Å². The lowest BCUT2D eigenvalue weighted by Crippen LogP contribution is -2.24. The summed E-state index contributed by atoms with van der Waals surface area (Å²) in [6.45, 7) is 3.20. The largest absolute Gasteiger partial charge is 0.309 e. The van der Waals surface area contributed by atoms with E-state index in [4.69, 9.17) is 0 Å². The van der Waals surface area contributed by atoms with Crippen LogP contribution < -0.4 is 5.32 Å². The fourth-order valence-corrected chi connectivity index (χ4v) is 2.24. The van der Waals surface area contributed by atoms with Gasteiger partial charge in [-0.15, -0.1) is 5.10 Å². The van der Waals surface area contributed by atoms with Gasteiger partial charge in [-0.3, -0.25) is 4.68 Å². The Morgan fingerprint density at radius 3 is 2.68 bits per heavy atom. The minimum Gasteiger partial charge on any atom is -0.309 e. The Morgan fingerprint density at radius 2 is 2.05 bits per heavy atom. The molecule has 0 saturated carbocycles. The van der Waals surface area contributed by atoms with Gasteiger partial charge in [-0.05, 0) is 31.4 Å². The first-order valence-electron chi connectivity index (χ1n) is 6.93. The van der Waals surface area contributed by atoms with Gasteiger partial charge in [0, 0.05) is 7.05 Å². The van der Waals surface area contributed by atoms with Crippen molar-refractivity contribution in [1.29, 1.82) is 0 Å². The molecule has 0 radical (unpaired) electrons. The van der Waals surface area contributed by atoms with Gasteiger partial charge < -0.3 is 5.32 Å². The lowest BCUT2D eigenvalue weighted by atomic mass is 10.0. The van der Waals surface area contributed by atoms with Crippen LogP contribution in [0.25, 0.3) is 0 Å². The zero-order chi connectivity index (χ0) is 13.5. The molecule has 0 spiro atoms. The molecule has 1 aromatic carbocycles. The van der Waals surface area contributed by atoms with Crippen LogP contribution in [0.3, 0.4) is 0 Å². The lowest BCUT2D eigenvalue weighted by molar-refractivity contribution is 0.467. The highest BCUT2D eigenvalue weighted by molar-refractivity contribution is 5.15. The first-order chi connectivity index (χ1) is 9.31. The van der Waals surface area contributed by atoms with Crippen molar-refractivity contribution in [3.05, 3.63) is 47.8 Å². The van der Waals surface area contributed by atoms with E-state index in [1.165, 1.54) is 5.56 Å². The molecule has 19 heavy (non-hydrogen) atoms. The van der Waals surface area contributed by atoms with E-state index in [0.717, 1.165) is 31.5 Å². The molecule has 2 aromatic rings. The second kappa shape index (κ2) is 7.04. The predicted octanol–water partition coefficient (Wildman–Crippen LogP) is 2.49. The van der Waals surface area contributed by atoms with Gasteiger partial charge in [0.15, 0.2) is 0 Å². The maximum absolute atomic E-state index is 4.03. The summed E-state index contributed by atoms with van der Waals surface area (Å²) in [7, 11) is 1.95. The third-order valence-corrected chi connectivity index (χ3v) is 3.31. The molecular formula is C15H22N4. The van der Waals surface area contributed by atoms with E-state index in [0.29, 0.717) is 6.04 Å². The fourth-order valence-electron chi connectivity index (χ4n) is 2.24. The van der Waals surface area contributed by atoms with Gasteiger partial charge in [-0.2, -0.15) is 0 Å². The standard InChI is InChI=1S/C15H22N4/c1-3-11-16-14(15-12-17-18-19(15)2)10-9-13-7-5-4-6-8-13/h4-8,12,14,16H,3,9-11H2,1-2H3. The number of aryl methyl sites for hydroxylation is 2. The summed E-state index contributed by atoms with van der Waals surface area (Å²) in [5.74, 6) is 0. The molecule has 0 saturated heterocycles. The van der Waals surface area contributed by atoms with Crippen molar-refractivity contribution >= 4 is 0 Å². The van der Waals surface area contributed by atoms with E-state index < -0.39 is 0 Å². The number of nitrogens with one attached hydrogen (secondary N) is 1. The molecule has 2 rings (SSSR count). The van der Waals surface area contributed by atoms with Gasteiger partial charge in [0.1, 0.15) is 0 Å². The second-order valence-corrected chi connectivity index (χ2v) is 4.81. The van der Waals surface area contributed by atoms with Crippen LogP contribution in [0.1, 0.15) is 37.1 Å². The van der Waals surface area contributed by atoms with Crippen LogP contribution in [0.4, 0.5) is 0 Å². The molecule has 0 aliphatic heterocycles. The molecule has 1 aromatic heterocycles. The van der Waals surface area contributed by atoms with Crippen molar-refractivity contribution in [2.45, 2.75) is 32.2 Å². The summed E-state index contributed by atoms with van der Waals surface area (Å²) in [4.78, 5) is 0. The molecule has 102 valence electrons. The van der Waals surface area contributed by atoms with Crippen LogP contribution >= 0.6 is 0 Å². The summed E-state index contributed by atoms with van der Waals surface area (Å²) < 4.78 is 1.86. The summed E-state index contributed by atoms with van der Waals surface area (Å²) in [6, 6.07) is 10.9. The molecule has 1 unspecified atom stereocenters. The van der Waals surface area contributed by atoms with Crippen LogP contribution in [-0.4, -0.2) is 21.5 Å². The van der Waals surface area contributed by atoms with E-state index in [2.05, 4.69) is 52.9 Å². The third kappa shape index (κ3) is 3.89. The van der Waals surface area contributed by atoms with Crippen molar-refractivity contribution in [1.82, 2.24) is 20.3 Å². The van der Waals surface area contributed by atoms with Crippen LogP contribution in [0.15, 0.2) is 36.5 Å². The molecule has 4 heteroatoms. The maximum atomic E-state index is 4.03. The molecule has 1 N–H and O–H groups in total. The van der Waals surface area contributed by atoms with Crippen LogP contribution in [0, 0.1) is 0 Å². The van der Waals surface area contributed by atoms with Crippen molar-refractivity contribution in [3.63, 3.8) is 0 Å². The average Bonchev–Trinajstić information content (AvgIpc) is 2.86. The summed E-state index contributed by atoms with van der Waals surface area (Å²) in [5, 5.41) is 11.6.